The Kier molecular flexibility index (Phi) is 12.3. The van der Waals surface area contributed by atoms with Crippen LogP contribution in [0.15, 0.2) is 78.0 Å². The van der Waals surface area contributed by atoms with Crippen LogP contribution in [0.3, 0.4) is 0 Å². The van der Waals surface area contributed by atoms with Crippen molar-refractivity contribution >= 4 is 34.5 Å². The monoisotopic (exact) mass is 837 g/mol. The van der Waals surface area contributed by atoms with Gasteiger partial charge in [-0.2, -0.15) is 0 Å². The number of rotatable bonds is 9. The van der Waals surface area contributed by atoms with E-state index in [-0.39, 0.29) is 0 Å². The molecule has 0 unspecified atom stereocenters. The van der Waals surface area contributed by atoms with Crippen molar-refractivity contribution in [3.63, 3.8) is 0 Å². The molecule has 0 bridgehead atoms. The summed E-state index contributed by atoms with van der Waals surface area (Å²) in [4.78, 5) is 20.2. The highest BCUT2D eigenvalue weighted by atomic mass is 32.2. The highest BCUT2D eigenvalue weighted by molar-refractivity contribution is 7.98. The lowest BCUT2D eigenvalue weighted by molar-refractivity contribution is 0.915. The molecule has 318 valence electrons. The van der Waals surface area contributed by atoms with Crippen molar-refractivity contribution in [1.29, 1.82) is 0 Å². The zero-order valence-corrected chi connectivity index (χ0v) is 40.9. The van der Waals surface area contributed by atoms with Crippen molar-refractivity contribution in [3.8, 4) is 45.0 Å². The second-order valence-corrected chi connectivity index (χ2v) is 18.4. The summed E-state index contributed by atoms with van der Waals surface area (Å²) < 4.78 is 0. The zero-order valence-electron chi connectivity index (χ0n) is 40.1. The average molecular weight is 838 g/mol. The maximum absolute atomic E-state index is 5.35. The minimum atomic E-state index is 0.717. The first-order valence-corrected chi connectivity index (χ1v) is 22.9. The van der Waals surface area contributed by atoms with Crippen molar-refractivity contribution in [1.82, 2.24) is 15.0 Å². The van der Waals surface area contributed by atoms with Gasteiger partial charge >= 0.3 is 0 Å². The molecule has 0 aliphatic carbocycles. The van der Waals surface area contributed by atoms with E-state index in [1.165, 1.54) is 112 Å². The number of aromatic nitrogens is 3. The molecule has 7 aromatic rings. The molecule has 1 aromatic heterocycles. The van der Waals surface area contributed by atoms with Gasteiger partial charge in [0.2, 0.25) is 0 Å². The highest BCUT2D eigenvalue weighted by Crippen LogP contribution is 2.44. The molecule has 0 fully saturated rings. The zero-order chi connectivity index (χ0) is 45.1. The number of aryl methyl sites for hydroxylation is 6. The third kappa shape index (κ3) is 7.83. The second-order valence-electron chi connectivity index (χ2n) is 17.7. The third-order valence-electron chi connectivity index (χ3n) is 13.5. The Morgan fingerprint density at radius 3 is 0.935 bits per heavy atom. The number of benzene rings is 6. The lowest BCUT2D eigenvalue weighted by Gasteiger charge is -2.29. The SMILES string of the molecule is CSc1nc(-c2c(C)c(C)c(N(C)c3ccc(-c4c(C)cc(C)cc4C)cc3)c(C)c2C)nc(-c2c(C)c(C)c(N(C)c3ccc(-c4c(C)cc(C)cc4C)cc3)c(C)c2C)n1. The van der Waals surface area contributed by atoms with E-state index in [1.807, 2.05) is 6.26 Å². The van der Waals surface area contributed by atoms with Gasteiger partial charge in [0.15, 0.2) is 16.8 Å². The first-order chi connectivity index (χ1) is 29.3. The lowest BCUT2D eigenvalue weighted by atomic mass is 9.89. The van der Waals surface area contributed by atoms with Crippen molar-refractivity contribution < 1.29 is 0 Å². The van der Waals surface area contributed by atoms with Gasteiger partial charge < -0.3 is 9.80 Å². The molecule has 0 radical (unpaired) electrons. The van der Waals surface area contributed by atoms with Gasteiger partial charge in [0.25, 0.3) is 0 Å². The summed E-state index contributed by atoms with van der Waals surface area (Å²) in [6.07, 6.45) is 2.05. The summed E-state index contributed by atoms with van der Waals surface area (Å²) in [7, 11) is 4.36. The van der Waals surface area contributed by atoms with Gasteiger partial charge in [-0.05, 0) is 216 Å². The molecule has 0 saturated heterocycles. The average Bonchev–Trinajstić information content (AvgIpc) is 3.22. The van der Waals surface area contributed by atoms with Crippen LogP contribution in [0.2, 0.25) is 0 Å². The molecule has 5 nitrogen and oxygen atoms in total. The van der Waals surface area contributed by atoms with E-state index in [0.717, 1.165) is 34.2 Å². The molecule has 0 spiro atoms. The topological polar surface area (TPSA) is 45.2 Å². The van der Waals surface area contributed by atoms with Gasteiger partial charge in [0, 0.05) is 48.0 Å². The molecule has 0 aliphatic heterocycles. The molecular weight excluding hydrogens is 775 g/mol. The number of thioether (sulfide) groups is 1. The van der Waals surface area contributed by atoms with Gasteiger partial charge in [0.1, 0.15) is 0 Å². The van der Waals surface area contributed by atoms with Crippen molar-refractivity contribution in [2.24, 2.45) is 0 Å². The first-order valence-electron chi connectivity index (χ1n) is 21.7. The van der Waals surface area contributed by atoms with E-state index in [0.29, 0.717) is 5.16 Å². The smallest absolute Gasteiger partial charge is 0.191 e. The van der Waals surface area contributed by atoms with Gasteiger partial charge in [-0.15, -0.1) is 0 Å². The summed E-state index contributed by atoms with van der Waals surface area (Å²) in [6.45, 7) is 31.0. The molecular formula is C56H63N5S. The summed E-state index contributed by atoms with van der Waals surface area (Å²) in [5.74, 6) is 1.44. The van der Waals surface area contributed by atoms with E-state index in [2.05, 4.69) is 194 Å². The standard InChI is InChI=1S/C56H63N5S/c1-30-26-32(3)48(33(4)27-30)44-18-22-46(23-19-44)60(15)52-40(11)36(7)50(37(8)41(52)12)54-57-55(59-56(58-54)62-17)51-38(9)42(13)53(43(14)39(51)10)61(16)47-24-20-45(21-25-47)49-34(5)28-31(2)29-35(49)6/h18-29H,1-17H3. The van der Waals surface area contributed by atoms with Crippen molar-refractivity contribution in [2.45, 2.75) is 102 Å². The molecule has 62 heavy (non-hydrogen) atoms. The van der Waals surface area contributed by atoms with Crippen molar-refractivity contribution in [2.75, 3.05) is 30.2 Å². The van der Waals surface area contributed by atoms with E-state index in [1.54, 1.807) is 11.8 Å². The Bertz CT molecular complexity index is 2590. The molecule has 6 aromatic carbocycles. The quantitative estimate of drug-likeness (QED) is 0.135. The Balaban J connectivity index is 1.25. The second kappa shape index (κ2) is 17.2. The van der Waals surface area contributed by atoms with E-state index >= 15 is 0 Å². The van der Waals surface area contributed by atoms with Crippen molar-refractivity contribution in [3.05, 3.63) is 151 Å². The Hall–Kier alpha value is -5.72. The van der Waals surface area contributed by atoms with Gasteiger partial charge in [-0.1, -0.05) is 71.4 Å². The van der Waals surface area contributed by atoms with E-state index in [9.17, 15) is 0 Å². The van der Waals surface area contributed by atoms with Gasteiger partial charge in [-0.25, -0.2) is 15.0 Å². The molecule has 1 heterocycles. The molecule has 0 atom stereocenters. The van der Waals surface area contributed by atoms with Crippen LogP contribution in [0.25, 0.3) is 45.0 Å². The largest absolute Gasteiger partial charge is 0.344 e. The number of hydrogen-bond acceptors (Lipinski definition) is 6. The first kappa shape index (κ1) is 44.3. The minimum Gasteiger partial charge on any atom is -0.344 e. The summed E-state index contributed by atoms with van der Waals surface area (Å²) in [6, 6.07) is 27.1. The van der Waals surface area contributed by atoms with E-state index in [4.69, 9.17) is 15.0 Å². The summed E-state index contributed by atoms with van der Waals surface area (Å²) in [5, 5.41) is 0.717. The van der Waals surface area contributed by atoms with Crippen LogP contribution in [0.1, 0.15) is 77.9 Å². The predicted octanol–water partition coefficient (Wildman–Crippen LogP) is 15.1. The van der Waals surface area contributed by atoms with Crippen LogP contribution in [0, 0.1) is 96.9 Å². The van der Waals surface area contributed by atoms with Crippen LogP contribution in [0.5, 0.6) is 0 Å². The van der Waals surface area contributed by atoms with Crippen LogP contribution in [-0.4, -0.2) is 35.3 Å². The summed E-state index contributed by atoms with van der Waals surface area (Å²) in [5.41, 5.74) is 29.4. The normalized spacial score (nSPS) is 11.4. The predicted molar refractivity (Wildman–Crippen MR) is 269 cm³/mol. The summed E-state index contributed by atoms with van der Waals surface area (Å²) >= 11 is 1.56. The Morgan fingerprint density at radius 1 is 0.371 bits per heavy atom. The molecule has 0 amide bonds. The molecule has 6 heteroatoms. The minimum absolute atomic E-state index is 0.717. The number of hydrogen-bond donors (Lipinski definition) is 0. The lowest BCUT2D eigenvalue weighted by Crippen LogP contribution is -2.16. The number of anilines is 4. The maximum atomic E-state index is 5.35. The highest BCUT2D eigenvalue weighted by Gasteiger charge is 2.25. The Labute approximate surface area is 375 Å². The fourth-order valence-electron chi connectivity index (χ4n) is 10.2. The van der Waals surface area contributed by atoms with E-state index < -0.39 is 0 Å². The number of nitrogens with zero attached hydrogens (tertiary/aromatic N) is 5. The van der Waals surface area contributed by atoms with Crippen LogP contribution in [-0.2, 0) is 0 Å². The van der Waals surface area contributed by atoms with Crippen LogP contribution >= 0.6 is 11.8 Å². The molecule has 0 aliphatic rings. The Morgan fingerprint density at radius 2 is 0.661 bits per heavy atom. The maximum Gasteiger partial charge on any atom is 0.191 e. The fraction of sp³-hybridized carbons (Fsp3) is 0.304. The van der Waals surface area contributed by atoms with Crippen LogP contribution < -0.4 is 9.80 Å². The van der Waals surface area contributed by atoms with Gasteiger partial charge in [-0.3, -0.25) is 0 Å². The third-order valence-corrected chi connectivity index (χ3v) is 14.1. The molecule has 0 saturated carbocycles. The molecule has 0 N–H and O–H groups in total. The van der Waals surface area contributed by atoms with Crippen LogP contribution in [0.4, 0.5) is 22.7 Å². The van der Waals surface area contributed by atoms with Gasteiger partial charge in [0.05, 0.1) is 0 Å². The fourth-order valence-corrected chi connectivity index (χ4v) is 10.5. The molecule has 7 rings (SSSR count).